The van der Waals surface area contributed by atoms with Crippen molar-refractivity contribution in [3.63, 3.8) is 0 Å². The molecule has 4 nitrogen and oxygen atoms in total. The molecule has 3 N–H and O–H groups in total. The van der Waals surface area contributed by atoms with E-state index in [1.54, 1.807) is 6.92 Å². The predicted octanol–water partition coefficient (Wildman–Crippen LogP) is 2.41. The number of para-hydroxylation sites is 1. The van der Waals surface area contributed by atoms with Gasteiger partial charge in [-0.1, -0.05) is 25.1 Å². The van der Waals surface area contributed by atoms with Crippen LogP contribution in [-0.2, 0) is 11.2 Å². The summed E-state index contributed by atoms with van der Waals surface area (Å²) in [6, 6.07) is 8.25. The summed E-state index contributed by atoms with van der Waals surface area (Å²) >= 11 is 0. The first kappa shape index (κ1) is 13.6. The fraction of sp³-hybridized carbons (Fsp3) is 0.400. The molecule has 0 fully saturated rings. The van der Waals surface area contributed by atoms with E-state index in [0.29, 0.717) is 6.42 Å². The van der Waals surface area contributed by atoms with Crippen LogP contribution >= 0.6 is 0 Å². The minimum Gasteiger partial charge on any atom is -0.481 e. The summed E-state index contributed by atoms with van der Waals surface area (Å²) in [6.07, 6.45) is 3.67. The third-order valence-corrected chi connectivity index (χ3v) is 3.42. The van der Waals surface area contributed by atoms with E-state index >= 15 is 0 Å². The van der Waals surface area contributed by atoms with Crippen LogP contribution in [0.25, 0.3) is 10.9 Å². The van der Waals surface area contributed by atoms with Gasteiger partial charge in [0.15, 0.2) is 0 Å². The van der Waals surface area contributed by atoms with E-state index in [9.17, 15) is 4.79 Å². The number of nitrogens with one attached hydrogen (secondary N) is 2. The molecule has 0 saturated heterocycles. The number of aliphatic carboxylic acids is 1. The van der Waals surface area contributed by atoms with Gasteiger partial charge in [0.05, 0.1) is 5.92 Å². The molecule has 0 aliphatic carbocycles. The van der Waals surface area contributed by atoms with Gasteiger partial charge in [-0.15, -0.1) is 0 Å². The number of carboxylic acid groups (broad SMARTS) is 1. The highest BCUT2D eigenvalue weighted by Gasteiger charge is 2.09. The Kier molecular flexibility index (Phi) is 4.58. The Hall–Kier alpha value is -1.81. The Labute approximate surface area is 112 Å². The summed E-state index contributed by atoms with van der Waals surface area (Å²) in [5.41, 5.74) is 2.46. The number of aromatic amines is 1. The molecule has 0 spiro atoms. The number of hydrogen-bond donors (Lipinski definition) is 3. The number of benzene rings is 1. The molecule has 0 radical (unpaired) electrons. The number of carbonyl (C=O) groups is 1. The number of aromatic nitrogens is 1. The van der Waals surface area contributed by atoms with Gasteiger partial charge in [-0.25, -0.2) is 0 Å². The third kappa shape index (κ3) is 3.58. The maximum absolute atomic E-state index is 10.7. The molecule has 0 aliphatic heterocycles. The van der Waals surface area contributed by atoms with Gasteiger partial charge in [0.1, 0.15) is 0 Å². The second kappa shape index (κ2) is 6.38. The fourth-order valence-electron chi connectivity index (χ4n) is 2.13. The number of hydrogen-bond acceptors (Lipinski definition) is 2. The first-order chi connectivity index (χ1) is 9.18. The number of rotatable bonds is 7. The van der Waals surface area contributed by atoms with Crippen molar-refractivity contribution in [3.05, 3.63) is 36.0 Å². The van der Waals surface area contributed by atoms with Gasteiger partial charge in [-0.2, -0.15) is 0 Å². The van der Waals surface area contributed by atoms with Gasteiger partial charge in [-0.3, -0.25) is 4.79 Å². The Balaban J connectivity index is 1.76. The molecule has 0 bridgehead atoms. The quantitative estimate of drug-likeness (QED) is 0.670. The Bertz CT molecular complexity index is 548. The van der Waals surface area contributed by atoms with Crippen molar-refractivity contribution in [2.24, 2.45) is 5.92 Å². The van der Waals surface area contributed by atoms with Crippen LogP contribution < -0.4 is 5.32 Å². The van der Waals surface area contributed by atoms with Crippen LogP contribution in [-0.4, -0.2) is 29.1 Å². The van der Waals surface area contributed by atoms with Gasteiger partial charge in [0.25, 0.3) is 0 Å². The van der Waals surface area contributed by atoms with E-state index in [4.69, 9.17) is 5.11 Å². The molecule has 1 aromatic carbocycles. The average molecular weight is 260 g/mol. The zero-order valence-electron chi connectivity index (χ0n) is 11.1. The second-order valence-corrected chi connectivity index (χ2v) is 4.89. The van der Waals surface area contributed by atoms with Crippen LogP contribution in [0.15, 0.2) is 30.5 Å². The summed E-state index contributed by atoms with van der Waals surface area (Å²) in [4.78, 5) is 13.9. The van der Waals surface area contributed by atoms with Crippen LogP contribution in [0.5, 0.6) is 0 Å². The van der Waals surface area contributed by atoms with E-state index in [1.165, 1.54) is 10.9 Å². The predicted molar refractivity (Wildman–Crippen MR) is 76.3 cm³/mol. The minimum atomic E-state index is -0.724. The maximum atomic E-state index is 10.7. The smallest absolute Gasteiger partial charge is 0.306 e. The SMILES string of the molecule is CC(CCNCCc1c[nH]c2ccccc12)C(=O)O. The molecule has 0 aliphatic rings. The van der Waals surface area contributed by atoms with Gasteiger partial charge in [0, 0.05) is 17.1 Å². The van der Waals surface area contributed by atoms with E-state index in [2.05, 4.69) is 22.4 Å². The average Bonchev–Trinajstić information content (AvgIpc) is 2.81. The molecule has 1 heterocycles. The van der Waals surface area contributed by atoms with Crippen LogP contribution in [0.3, 0.4) is 0 Å². The highest BCUT2D eigenvalue weighted by Crippen LogP contribution is 2.17. The van der Waals surface area contributed by atoms with Crippen LogP contribution in [0, 0.1) is 5.92 Å². The highest BCUT2D eigenvalue weighted by molar-refractivity contribution is 5.83. The maximum Gasteiger partial charge on any atom is 0.306 e. The Morgan fingerprint density at radius 3 is 2.95 bits per heavy atom. The van der Waals surface area contributed by atoms with Crippen molar-refractivity contribution >= 4 is 16.9 Å². The summed E-state index contributed by atoms with van der Waals surface area (Å²) in [5.74, 6) is -1.00. The first-order valence-electron chi connectivity index (χ1n) is 6.67. The minimum absolute atomic E-state index is 0.277. The van der Waals surface area contributed by atoms with Crippen molar-refractivity contribution in [3.8, 4) is 0 Å². The molecule has 102 valence electrons. The zero-order chi connectivity index (χ0) is 13.7. The summed E-state index contributed by atoms with van der Waals surface area (Å²) < 4.78 is 0. The largest absolute Gasteiger partial charge is 0.481 e. The fourth-order valence-corrected chi connectivity index (χ4v) is 2.13. The van der Waals surface area contributed by atoms with Crippen LogP contribution in [0.1, 0.15) is 18.9 Å². The molecule has 2 rings (SSSR count). The van der Waals surface area contributed by atoms with Gasteiger partial charge in [-0.05, 0) is 37.6 Å². The normalized spacial score (nSPS) is 12.7. The lowest BCUT2D eigenvalue weighted by Crippen LogP contribution is -2.22. The van der Waals surface area contributed by atoms with E-state index < -0.39 is 5.97 Å². The summed E-state index contributed by atoms with van der Waals surface area (Å²) in [5, 5.41) is 13.3. The number of H-pyrrole nitrogens is 1. The van der Waals surface area contributed by atoms with Crippen molar-refractivity contribution in [2.45, 2.75) is 19.8 Å². The van der Waals surface area contributed by atoms with E-state index in [-0.39, 0.29) is 5.92 Å². The van der Waals surface area contributed by atoms with Crippen molar-refractivity contribution in [2.75, 3.05) is 13.1 Å². The van der Waals surface area contributed by atoms with Gasteiger partial charge >= 0.3 is 5.97 Å². The molecule has 2 aromatic rings. The molecule has 1 atom stereocenters. The van der Waals surface area contributed by atoms with Crippen LogP contribution in [0.4, 0.5) is 0 Å². The molecule has 4 heteroatoms. The lowest BCUT2D eigenvalue weighted by molar-refractivity contribution is -0.141. The molecule has 1 unspecified atom stereocenters. The highest BCUT2D eigenvalue weighted by atomic mass is 16.4. The van der Waals surface area contributed by atoms with Crippen LogP contribution in [0.2, 0.25) is 0 Å². The Morgan fingerprint density at radius 1 is 1.37 bits per heavy atom. The lowest BCUT2D eigenvalue weighted by Gasteiger charge is -2.07. The first-order valence-corrected chi connectivity index (χ1v) is 6.67. The lowest BCUT2D eigenvalue weighted by atomic mass is 10.1. The van der Waals surface area contributed by atoms with Gasteiger partial charge in [0.2, 0.25) is 0 Å². The molecule has 0 amide bonds. The monoisotopic (exact) mass is 260 g/mol. The molecule has 19 heavy (non-hydrogen) atoms. The van der Waals surface area contributed by atoms with E-state index in [1.807, 2.05) is 18.3 Å². The van der Waals surface area contributed by atoms with Crippen molar-refractivity contribution in [1.29, 1.82) is 0 Å². The summed E-state index contributed by atoms with van der Waals surface area (Å²) in [7, 11) is 0. The number of carboxylic acids is 1. The topological polar surface area (TPSA) is 65.1 Å². The molecular formula is C15H20N2O2. The van der Waals surface area contributed by atoms with E-state index in [0.717, 1.165) is 25.0 Å². The molecule has 1 aromatic heterocycles. The second-order valence-electron chi connectivity index (χ2n) is 4.89. The standard InChI is InChI=1S/C15H20N2O2/c1-11(15(18)19)6-8-16-9-7-12-10-17-14-5-3-2-4-13(12)14/h2-5,10-11,16-17H,6-9H2,1H3,(H,18,19). The third-order valence-electron chi connectivity index (χ3n) is 3.42. The molecular weight excluding hydrogens is 240 g/mol. The Morgan fingerprint density at radius 2 is 2.16 bits per heavy atom. The van der Waals surface area contributed by atoms with Gasteiger partial charge < -0.3 is 15.4 Å². The van der Waals surface area contributed by atoms with Crippen molar-refractivity contribution < 1.29 is 9.90 Å². The summed E-state index contributed by atoms with van der Waals surface area (Å²) in [6.45, 7) is 3.35. The number of fused-ring (bicyclic) bond motifs is 1. The van der Waals surface area contributed by atoms with Crippen molar-refractivity contribution in [1.82, 2.24) is 10.3 Å². The molecule has 0 saturated carbocycles. The zero-order valence-corrected chi connectivity index (χ0v) is 11.1.